The van der Waals surface area contributed by atoms with Gasteiger partial charge in [0.2, 0.25) is 0 Å². The molecule has 0 aliphatic carbocycles. The zero-order chi connectivity index (χ0) is 28.1. The number of ether oxygens (including phenoxy) is 2. The highest BCUT2D eigenvalue weighted by atomic mass is 127. The molecular weight excluding hydrogens is 629 g/mol. The average Bonchev–Trinajstić information content (AvgIpc) is 2.88. The number of para-hydroxylation sites is 1. The molecule has 1 aliphatic heterocycles. The van der Waals surface area contributed by atoms with E-state index in [-0.39, 0.29) is 23.2 Å². The van der Waals surface area contributed by atoms with Crippen LogP contribution in [-0.4, -0.2) is 36.0 Å². The molecule has 0 radical (unpaired) electrons. The van der Waals surface area contributed by atoms with Crippen molar-refractivity contribution < 1.29 is 23.9 Å². The number of carbonyl (C=O) groups excluding carboxylic acids is 3. The molecule has 0 spiro atoms. The molecule has 4 rings (SSSR count). The Bertz CT molecular complexity index is 1490. The summed E-state index contributed by atoms with van der Waals surface area (Å²) in [6, 6.07) is 18.0. The number of anilines is 2. The van der Waals surface area contributed by atoms with E-state index in [1.807, 2.05) is 45.0 Å². The van der Waals surface area contributed by atoms with Crippen molar-refractivity contribution in [1.29, 1.82) is 0 Å². The van der Waals surface area contributed by atoms with Gasteiger partial charge in [-0.2, -0.15) is 0 Å². The highest BCUT2D eigenvalue weighted by molar-refractivity contribution is 14.1. The fourth-order valence-electron chi connectivity index (χ4n) is 3.99. The van der Waals surface area contributed by atoms with Gasteiger partial charge in [0, 0.05) is 5.69 Å². The Morgan fingerprint density at radius 2 is 1.82 bits per heavy atom. The van der Waals surface area contributed by atoms with E-state index in [0.717, 1.165) is 16.8 Å². The topological polar surface area (TPSA) is 97.0 Å². The standard InChI is InChI=1S/C29H26IN3O5S/c1-4-37-24-15-19(13-21-27(35)32-29(39)33(28(21)36)20-8-6-5-7-9-20)14-22(30)26(24)38-16-25(34)31-23-11-10-17(2)12-18(23)3/h5-15H,4,16H2,1-3H3,(H,31,34)(H,32,35,39)/b21-13-. The fourth-order valence-corrected chi connectivity index (χ4v) is 5.05. The summed E-state index contributed by atoms with van der Waals surface area (Å²) < 4.78 is 12.3. The van der Waals surface area contributed by atoms with Crippen LogP contribution in [0.2, 0.25) is 0 Å². The molecule has 0 unspecified atom stereocenters. The summed E-state index contributed by atoms with van der Waals surface area (Å²) >= 11 is 7.32. The molecule has 8 nitrogen and oxygen atoms in total. The van der Waals surface area contributed by atoms with E-state index in [1.54, 1.807) is 36.4 Å². The normalized spacial score (nSPS) is 14.3. The molecule has 0 bridgehead atoms. The minimum atomic E-state index is -0.589. The molecule has 1 fully saturated rings. The maximum atomic E-state index is 13.3. The van der Waals surface area contributed by atoms with Gasteiger partial charge >= 0.3 is 0 Å². The van der Waals surface area contributed by atoms with Crippen LogP contribution in [0, 0.1) is 17.4 Å². The van der Waals surface area contributed by atoms with Gasteiger partial charge in [-0.25, -0.2) is 0 Å². The Morgan fingerprint density at radius 3 is 2.51 bits per heavy atom. The van der Waals surface area contributed by atoms with Crippen molar-refractivity contribution in [3.05, 3.63) is 86.5 Å². The number of nitrogens with zero attached hydrogens (tertiary/aromatic N) is 1. The Morgan fingerprint density at radius 1 is 1.08 bits per heavy atom. The number of carbonyl (C=O) groups is 3. The number of halogens is 1. The Hall–Kier alpha value is -3.77. The Labute approximate surface area is 245 Å². The summed E-state index contributed by atoms with van der Waals surface area (Å²) in [4.78, 5) is 39.9. The van der Waals surface area contributed by atoms with Crippen LogP contribution in [0.15, 0.2) is 66.2 Å². The van der Waals surface area contributed by atoms with Gasteiger partial charge in [0.15, 0.2) is 23.2 Å². The number of nitrogens with one attached hydrogen (secondary N) is 2. The van der Waals surface area contributed by atoms with Gasteiger partial charge in [-0.3, -0.25) is 24.6 Å². The highest BCUT2D eigenvalue weighted by Crippen LogP contribution is 2.35. The van der Waals surface area contributed by atoms with Gasteiger partial charge in [-0.15, -0.1) is 0 Å². The van der Waals surface area contributed by atoms with Crippen LogP contribution in [0.5, 0.6) is 11.5 Å². The van der Waals surface area contributed by atoms with Crippen LogP contribution in [0.1, 0.15) is 23.6 Å². The molecule has 10 heteroatoms. The third kappa shape index (κ3) is 6.63. The number of benzene rings is 3. The van der Waals surface area contributed by atoms with Crippen LogP contribution in [-0.2, 0) is 14.4 Å². The van der Waals surface area contributed by atoms with Gasteiger partial charge in [0.1, 0.15) is 5.57 Å². The number of rotatable bonds is 8. The molecule has 1 saturated heterocycles. The fraction of sp³-hybridized carbons (Fsp3) is 0.172. The number of hydrogen-bond donors (Lipinski definition) is 2. The molecule has 39 heavy (non-hydrogen) atoms. The van der Waals surface area contributed by atoms with Crippen LogP contribution in [0.25, 0.3) is 6.08 Å². The van der Waals surface area contributed by atoms with Gasteiger partial charge in [0.05, 0.1) is 15.9 Å². The molecule has 0 aromatic heterocycles. The predicted octanol–water partition coefficient (Wildman–Crippen LogP) is 5.16. The minimum absolute atomic E-state index is 0.0146. The second kappa shape index (κ2) is 12.4. The third-order valence-corrected chi connectivity index (χ3v) is 6.85. The number of amides is 3. The summed E-state index contributed by atoms with van der Waals surface area (Å²) in [5, 5.41) is 5.46. The third-order valence-electron chi connectivity index (χ3n) is 5.76. The average molecular weight is 656 g/mol. The summed E-state index contributed by atoms with van der Waals surface area (Å²) in [5.74, 6) is -0.663. The molecule has 3 amide bonds. The zero-order valence-electron chi connectivity index (χ0n) is 21.5. The number of thiocarbonyl (C=S) groups is 1. The second-order valence-corrected chi connectivity index (χ2v) is 10.3. The molecule has 0 saturated carbocycles. The molecule has 1 heterocycles. The highest BCUT2D eigenvalue weighted by Gasteiger charge is 2.34. The predicted molar refractivity (Wildman–Crippen MR) is 163 cm³/mol. The van der Waals surface area contributed by atoms with Gasteiger partial charge in [-0.1, -0.05) is 35.9 Å². The van der Waals surface area contributed by atoms with Crippen molar-refractivity contribution in [2.45, 2.75) is 20.8 Å². The van der Waals surface area contributed by atoms with Crippen molar-refractivity contribution in [3.63, 3.8) is 0 Å². The largest absolute Gasteiger partial charge is 0.490 e. The second-order valence-electron chi connectivity index (χ2n) is 8.71. The first kappa shape index (κ1) is 28.2. The SMILES string of the molecule is CCOc1cc(/C=C2/C(=O)NC(=S)N(c3ccccc3)C2=O)cc(I)c1OCC(=O)Nc1ccc(C)cc1C. The zero-order valence-corrected chi connectivity index (χ0v) is 24.5. The van der Waals surface area contributed by atoms with Crippen LogP contribution < -0.4 is 25.0 Å². The van der Waals surface area contributed by atoms with E-state index < -0.39 is 11.8 Å². The van der Waals surface area contributed by atoms with Crippen LogP contribution in [0.4, 0.5) is 11.4 Å². The van der Waals surface area contributed by atoms with Gasteiger partial charge in [-0.05, 0) is 103 Å². The lowest BCUT2D eigenvalue weighted by Gasteiger charge is -2.28. The van der Waals surface area contributed by atoms with E-state index in [4.69, 9.17) is 21.7 Å². The minimum Gasteiger partial charge on any atom is -0.490 e. The van der Waals surface area contributed by atoms with E-state index in [9.17, 15) is 14.4 Å². The number of aryl methyl sites for hydroxylation is 2. The van der Waals surface area contributed by atoms with E-state index in [1.165, 1.54) is 11.0 Å². The van der Waals surface area contributed by atoms with Crippen molar-refractivity contribution in [2.75, 3.05) is 23.4 Å². The lowest BCUT2D eigenvalue weighted by atomic mass is 10.1. The maximum Gasteiger partial charge on any atom is 0.270 e. The first-order valence-electron chi connectivity index (χ1n) is 12.1. The quantitative estimate of drug-likeness (QED) is 0.151. The molecule has 1 aliphatic rings. The summed E-state index contributed by atoms with van der Waals surface area (Å²) in [7, 11) is 0. The van der Waals surface area contributed by atoms with E-state index in [2.05, 4.69) is 33.2 Å². The van der Waals surface area contributed by atoms with E-state index >= 15 is 0 Å². The van der Waals surface area contributed by atoms with Crippen molar-refractivity contribution >= 4 is 75.1 Å². The molecule has 3 aromatic rings. The Kier molecular flexibility index (Phi) is 8.97. The first-order chi connectivity index (χ1) is 18.7. The van der Waals surface area contributed by atoms with Gasteiger partial charge < -0.3 is 14.8 Å². The van der Waals surface area contributed by atoms with Gasteiger partial charge in [0.25, 0.3) is 17.7 Å². The van der Waals surface area contributed by atoms with Crippen LogP contribution >= 0.6 is 34.8 Å². The van der Waals surface area contributed by atoms with Crippen molar-refractivity contribution in [3.8, 4) is 11.5 Å². The summed E-state index contributed by atoms with van der Waals surface area (Å²) in [6.45, 7) is 5.86. The molecule has 3 aromatic carbocycles. The maximum absolute atomic E-state index is 13.3. The van der Waals surface area contributed by atoms with E-state index in [0.29, 0.717) is 32.9 Å². The molecule has 2 N–H and O–H groups in total. The lowest BCUT2D eigenvalue weighted by Crippen LogP contribution is -2.54. The molecule has 0 atom stereocenters. The summed E-state index contributed by atoms with van der Waals surface area (Å²) in [5.41, 5.74) is 3.80. The van der Waals surface area contributed by atoms with Crippen molar-refractivity contribution in [2.24, 2.45) is 0 Å². The van der Waals surface area contributed by atoms with Crippen molar-refractivity contribution in [1.82, 2.24) is 5.32 Å². The monoisotopic (exact) mass is 655 g/mol. The number of hydrogen-bond acceptors (Lipinski definition) is 6. The molecule has 200 valence electrons. The first-order valence-corrected chi connectivity index (χ1v) is 13.6. The van der Waals surface area contributed by atoms with Crippen LogP contribution in [0.3, 0.4) is 0 Å². The smallest absolute Gasteiger partial charge is 0.270 e. The Balaban J connectivity index is 1.57. The lowest BCUT2D eigenvalue weighted by molar-refractivity contribution is -0.122. The summed E-state index contributed by atoms with van der Waals surface area (Å²) in [6.07, 6.45) is 1.48. The molecular formula is C29H26IN3O5S.